The molecule has 2 atom stereocenters. The van der Waals surface area contributed by atoms with E-state index >= 15 is 0 Å². The SMILES string of the molecule is O=C(OCc1csc([N+](=O)[O-])c1)[C@@H]1CC(O)CN1C(=O)C12CC3CC(CC(C3)C1)C2. The van der Waals surface area contributed by atoms with Crippen molar-refractivity contribution in [2.75, 3.05) is 6.54 Å². The molecule has 0 radical (unpaired) electrons. The van der Waals surface area contributed by atoms with Gasteiger partial charge in [0.2, 0.25) is 5.91 Å². The maximum Gasteiger partial charge on any atom is 0.329 e. The van der Waals surface area contributed by atoms with Gasteiger partial charge in [-0.25, -0.2) is 4.79 Å². The van der Waals surface area contributed by atoms with Crippen molar-refractivity contribution >= 4 is 28.2 Å². The fourth-order valence-electron chi connectivity index (χ4n) is 6.72. The topological polar surface area (TPSA) is 110 Å². The molecule has 2 heterocycles. The number of β-amino-alcohol motifs (C(OH)–C–C–N with tert-alkyl or cyclic N) is 1. The van der Waals surface area contributed by atoms with Crippen molar-refractivity contribution < 1.29 is 24.4 Å². The van der Waals surface area contributed by atoms with Crippen LogP contribution < -0.4 is 0 Å². The molecule has 0 aromatic carbocycles. The summed E-state index contributed by atoms with van der Waals surface area (Å²) in [6.07, 6.45) is 5.86. The van der Waals surface area contributed by atoms with E-state index in [-0.39, 0.29) is 35.9 Å². The molecule has 5 fully saturated rings. The molecule has 162 valence electrons. The number of aliphatic hydroxyl groups is 1. The number of rotatable bonds is 5. The summed E-state index contributed by atoms with van der Waals surface area (Å²) in [5, 5.41) is 22.6. The molecule has 6 rings (SSSR count). The van der Waals surface area contributed by atoms with Crippen molar-refractivity contribution in [3.8, 4) is 0 Å². The van der Waals surface area contributed by atoms with Gasteiger partial charge in [-0.15, -0.1) is 0 Å². The molecule has 30 heavy (non-hydrogen) atoms. The highest BCUT2D eigenvalue weighted by molar-refractivity contribution is 7.13. The van der Waals surface area contributed by atoms with E-state index in [1.54, 1.807) is 10.3 Å². The molecular weight excluding hydrogens is 408 g/mol. The van der Waals surface area contributed by atoms with Crippen LogP contribution in [0.3, 0.4) is 0 Å². The lowest BCUT2D eigenvalue weighted by Crippen LogP contribution is -2.56. The minimum atomic E-state index is -0.783. The molecule has 4 bridgehead atoms. The van der Waals surface area contributed by atoms with Crippen LogP contribution in [-0.4, -0.2) is 45.5 Å². The summed E-state index contributed by atoms with van der Waals surface area (Å²) in [4.78, 5) is 38.3. The van der Waals surface area contributed by atoms with E-state index in [2.05, 4.69) is 0 Å². The summed E-state index contributed by atoms with van der Waals surface area (Å²) in [7, 11) is 0. The molecule has 1 aliphatic heterocycles. The normalized spacial score (nSPS) is 36.8. The number of nitrogens with zero attached hydrogens (tertiary/aromatic N) is 2. The maximum absolute atomic E-state index is 13.6. The van der Waals surface area contributed by atoms with Crippen molar-refractivity contribution in [1.29, 1.82) is 0 Å². The zero-order valence-electron chi connectivity index (χ0n) is 16.7. The van der Waals surface area contributed by atoms with Crippen LogP contribution in [0.2, 0.25) is 0 Å². The van der Waals surface area contributed by atoms with E-state index in [0.717, 1.165) is 30.6 Å². The van der Waals surface area contributed by atoms with E-state index in [1.165, 1.54) is 25.3 Å². The molecule has 1 unspecified atom stereocenters. The lowest BCUT2D eigenvalue weighted by Gasteiger charge is -2.56. The second kappa shape index (κ2) is 7.30. The van der Waals surface area contributed by atoms with Crippen LogP contribution in [0.5, 0.6) is 0 Å². The van der Waals surface area contributed by atoms with E-state index in [1.807, 2.05) is 0 Å². The van der Waals surface area contributed by atoms with Gasteiger partial charge in [0.15, 0.2) is 0 Å². The van der Waals surface area contributed by atoms with Gasteiger partial charge in [0.05, 0.1) is 16.4 Å². The lowest BCUT2D eigenvalue weighted by molar-refractivity contribution is -0.380. The summed E-state index contributed by atoms with van der Waals surface area (Å²) in [5.41, 5.74) is 0.184. The van der Waals surface area contributed by atoms with Gasteiger partial charge in [-0.3, -0.25) is 14.9 Å². The Bertz CT molecular complexity index is 847. The number of hydrogen-bond donors (Lipinski definition) is 1. The first-order valence-corrected chi connectivity index (χ1v) is 11.6. The molecule has 4 aliphatic carbocycles. The van der Waals surface area contributed by atoms with Crippen LogP contribution in [0.15, 0.2) is 11.4 Å². The second-order valence-electron chi connectivity index (χ2n) is 9.72. The van der Waals surface area contributed by atoms with E-state index in [0.29, 0.717) is 23.3 Å². The average Bonchev–Trinajstić information content (AvgIpc) is 3.31. The minimum absolute atomic E-state index is 0.00374. The van der Waals surface area contributed by atoms with E-state index < -0.39 is 23.0 Å². The zero-order chi connectivity index (χ0) is 21.0. The van der Waals surface area contributed by atoms with Crippen LogP contribution in [0.4, 0.5) is 5.00 Å². The number of esters is 1. The molecule has 1 amide bonds. The van der Waals surface area contributed by atoms with Crippen LogP contribution in [0.1, 0.15) is 50.5 Å². The third-order valence-electron chi connectivity index (χ3n) is 7.50. The molecule has 5 aliphatic rings. The fraction of sp³-hybridized carbons (Fsp3) is 0.714. The minimum Gasteiger partial charge on any atom is -0.459 e. The zero-order valence-corrected chi connectivity index (χ0v) is 17.5. The summed E-state index contributed by atoms with van der Waals surface area (Å²) in [6, 6.07) is 0.605. The Morgan fingerprint density at radius 1 is 1.20 bits per heavy atom. The Kier molecular flexibility index (Phi) is 4.85. The molecular formula is C21H26N2O6S. The third-order valence-corrected chi connectivity index (χ3v) is 8.43. The van der Waals surface area contributed by atoms with Gasteiger partial charge in [0.25, 0.3) is 0 Å². The lowest BCUT2D eigenvalue weighted by atomic mass is 9.49. The standard InChI is InChI=1S/C21H26N2O6S/c24-16-5-17(19(25)29-10-15-4-18(23(27)28)30-11-15)22(9-16)20(26)21-6-12-1-13(7-21)3-14(2-12)8-21/h4,11-14,16-17,24H,1-3,5-10H2/t12?,13?,14?,16?,17-,21?/m0/s1. The summed E-state index contributed by atoms with van der Waals surface area (Å²) in [6.45, 7) is 0.0967. The van der Waals surface area contributed by atoms with Gasteiger partial charge in [0.1, 0.15) is 12.6 Å². The molecule has 4 saturated carbocycles. The van der Waals surface area contributed by atoms with Gasteiger partial charge >= 0.3 is 11.0 Å². The van der Waals surface area contributed by atoms with Crippen molar-refractivity contribution in [3.05, 3.63) is 27.1 Å². The third kappa shape index (κ3) is 3.41. The van der Waals surface area contributed by atoms with Gasteiger partial charge in [-0.2, -0.15) is 0 Å². The summed E-state index contributed by atoms with van der Waals surface area (Å²) in [5.74, 6) is 1.33. The fourth-order valence-corrected chi connectivity index (χ4v) is 7.44. The molecule has 1 aromatic rings. The number of thiophene rings is 1. The molecule has 9 heteroatoms. The predicted molar refractivity (Wildman–Crippen MR) is 107 cm³/mol. The van der Waals surface area contributed by atoms with Gasteiger partial charge in [0, 0.05) is 30.0 Å². The Labute approximate surface area is 178 Å². The Hall–Kier alpha value is -2.00. The van der Waals surface area contributed by atoms with Crippen LogP contribution in [-0.2, 0) is 20.9 Å². The van der Waals surface area contributed by atoms with Crippen LogP contribution in [0.25, 0.3) is 0 Å². The number of aliphatic hydroxyl groups excluding tert-OH is 1. The highest BCUT2D eigenvalue weighted by Crippen LogP contribution is 2.60. The number of amides is 1. The van der Waals surface area contributed by atoms with Crippen molar-refractivity contribution in [2.24, 2.45) is 23.2 Å². The van der Waals surface area contributed by atoms with Gasteiger partial charge < -0.3 is 14.7 Å². The van der Waals surface area contributed by atoms with Gasteiger partial charge in [-0.05, 0) is 56.3 Å². The smallest absolute Gasteiger partial charge is 0.329 e. The van der Waals surface area contributed by atoms with Crippen LogP contribution in [0, 0.1) is 33.3 Å². The first-order chi connectivity index (χ1) is 14.3. The molecule has 0 spiro atoms. The number of hydrogen-bond acceptors (Lipinski definition) is 7. The number of carbonyl (C=O) groups is 2. The van der Waals surface area contributed by atoms with Crippen molar-refractivity contribution in [1.82, 2.24) is 4.90 Å². The first-order valence-electron chi connectivity index (χ1n) is 10.7. The van der Waals surface area contributed by atoms with E-state index in [4.69, 9.17) is 4.74 Å². The van der Waals surface area contributed by atoms with Crippen molar-refractivity contribution in [3.63, 3.8) is 0 Å². The van der Waals surface area contributed by atoms with Crippen molar-refractivity contribution in [2.45, 2.75) is 63.7 Å². The Morgan fingerprint density at radius 2 is 1.83 bits per heavy atom. The summed E-state index contributed by atoms with van der Waals surface area (Å²) < 4.78 is 5.39. The molecule has 1 N–H and O–H groups in total. The maximum atomic E-state index is 13.6. The quantitative estimate of drug-likeness (QED) is 0.433. The summed E-state index contributed by atoms with van der Waals surface area (Å²) >= 11 is 0.985. The predicted octanol–water partition coefficient (Wildman–Crippen LogP) is 2.88. The average molecular weight is 435 g/mol. The first kappa shape index (κ1) is 19.9. The Morgan fingerprint density at radius 3 is 2.40 bits per heavy atom. The second-order valence-corrected chi connectivity index (χ2v) is 10.6. The number of likely N-dealkylation sites (tertiary alicyclic amines) is 1. The largest absolute Gasteiger partial charge is 0.459 e. The number of ether oxygens (including phenoxy) is 1. The highest BCUT2D eigenvalue weighted by atomic mass is 32.1. The molecule has 1 saturated heterocycles. The van der Waals surface area contributed by atoms with Gasteiger partial charge in [-0.1, -0.05) is 11.3 Å². The molecule has 1 aromatic heterocycles. The molecule has 8 nitrogen and oxygen atoms in total. The number of nitro groups is 1. The highest BCUT2D eigenvalue weighted by Gasteiger charge is 2.57. The van der Waals surface area contributed by atoms with E-state index in [9.17, 15) is 24.8 Å². The number of carbonyl (C=O) groups excluding carboxylic acids is 2. The van der Waals surface area contributed by atoms with Crippen LogP contribution >= 0.6 is 11.3 Å². The monoisotopic (exact) mass is 434 g/mol. The Balaban J connectivity index is 1.28.